The number of unbranched alkanes of at least 4 members (excludes halogenated alkanes) is 1. The predicted molar refractivity (Wildman–Crippen MR) is 146 cm³/mol. The second-order valence-corrected chi connectivity index (χ2v) is 10.7. The second-order valence-electron chi connectivity index (χ2n) is 10.7. The number of amides is 1. The number of aryl methyl sites for hydroxylation is 1. The van der Waals surface area contributed by atoms with Crippen LogP contribution in [0.4, 0.5) is 13.2 Å². The van der Waals surface area contributed by atoms with Crippen molar-refractivity contribution >= 4 is 5.91 Å². The fraction of sp³-hybridized carbons (Fsp3) is 0.690. The summed E-state index contributed by atoms with van der Waals surface area (Å²) in [5, 5.41) is 11.4. The third kappa shape index (κ3) is 7.13. The Kier molecular flexibility index (Phi) is 10.1. The Morgan fingerprint density at radius 3 is 2.46 bits per heavy atom. The highest BCUT2D eigenvalue weighted by Crippen LogP contribution is 2.67. The fourth-order valence-electron chi connectivity index (χ4n) is 5.68. The maximum Gasteiger partial charge on any atom is 0.258 e. The molecule has 1 N–H and O–H groups in total. The molecule has 7 nitrogen and oxygen atoms in total. The van der Waals surface area contributed by atoms with Gasteiger partial charge in [0.1, 0.15) is 11.6 Å². The number of hydrogen-bond acceptors (Lipinski definition) is 6. The highest BCUT2D eigenvalue weighted by atomic mass is 19.3. The standard InChI is InChI=1S/C25H31F3N4O3.2C2H6.H2/c1-3-4-5-16-6-7-18(8-19(16)26)34-11-20(33)29-25-12-24(13-25,14-25)22-31-30-21(35-22)17-9-32(10-17)15-23(2,27)28;2*1-2;/h6-8,17H,3-5,9-15H2,1-2H3,(H,29,33);2*1-2H3;1H. The minimum absolute atomic E-state index is 0. The van der Waals surface area contributed by atoms with E-state index in [1.54, 1.807) is 17.0 Å². The molecule has 0 spiro atoms. The van der Waals surface area contributed by atoms with E-state index < -0.39 is 5.92 Å². The van der Waals surface area contributed by atoms with Gasteiger partial charge in [0.25, 0.3) is 11.8 Å². The number of halogens is 3. The molecular formula is C29H45F3N4O3. The molecule has 2 aromatic rings. The van der Waals surface area contributed by atoms with Crippen LogP contribution in [0.5, 0.6) is 5.75 Å². The third-order valence-corrected chi connectivity index (χ3v) is 7.33. The van der Waals surface area contributed by atoms with Gasteiger partial charge in [0.2, 0.25) is 11.8 Å². The van der Waals surface area contributed by atoms with Crippen LogP contribution in [0, 0.1) is 5.82 Å². The van der Waals surface area contributed by atoms with Crippen LogP contribution in [-0.4, -0.2) is 58.7 Å². The van der Waals surface area contributed by atoms with E-state index in [1.807, 2.05) is 27.7 Å². The highest BCUT2D eigenvalue weighted by molar-refractivity contribution is 5.79. The maximum absolute atomic E-state index is 14.2. The van der Waals surface area contributed by atoms with Gasteiger partial charge in [-0.25, -0.2) is 13.2 Å². The van der Waals surface area contributed by atoms with Gasteiger partial charge in [-0.15, -0.1) is 10.2 Å². The van der Waals surface area contributed by atoms with Gasteiger partial charge in [0.05, 0.1) is 17.9 Å². The molecule has 39 heavy (non-hydrogen) atoms. The minimum atomic E-state index is -2.71. The van der Waals surface area contributed by atoms with Gasteiger partial charge in [0, 0.05) is 33.0 Å². The van der Waals surface area contributed by atoms with Gasteiger partial charge < -0.3 is 14.5 Å². The van der Waals surface area contributed by atoms with Gasteiger partial charge in [-0.1, -0.05) is 47.1 Å². The molecule has 1 aliphatic heterocycles. The van der Waals surface area contributed by atoms with E-state index in [0.717, 1.165) is 19.8 Å². The van der Waals surface area contributed by atoms with Crippen LogP contribution in [0.15, 0.2) is 22.6 Å². The van der Waals surface area contributed by atoms with Crippen LogP contribution >= 0.6 is 0 Å². The number of ether oxygens (including phenoxy) is 1. The van der Waals surface area contributed by atoms with Gasteiger partial charge in [0.15, 0.2) is 6.61 Å². The van der Waals surface area contributed by atoms with Crippen molar-refractivity contribution < 1.29 is 28.5 Å². The normalized spacial score (nSPS) is 23.6. The van der Waals surface area contributed by atoms with E-state index in [9.17, 15) is 18.0 Å². The van der Waals surface area contributed by atoms with E-state index in [2.05, 4.69) is 22.4 Å². The van der Waals surface area contributed by atoms with E-state index in [-0.39, 0.29) is 43.2 Å². The lowest BCUT2D eigenvalue weighted by atomic mass is 9.39. The first kappa shape index (κ1) is 30.9. The summed E-state index contributed by atoms with van der Waals surface area (Å²) in [6.07, 6.45) is 4.75. The Bertz CT molecular complexity index is 1080. The Hall–Kier alpha value is -2.62. The van der Waals surface area contributed by atoms with Crippen LogP contribution < -0.4 is 10.1 Å². The summed E-state index contributed by atoms with van der Waals surface area (Å²) in [4.78, 5) is 14.1. The Labute approximate surface area is 231 Å². The number of nitrogens with zero attached hydrogens (tertiary/aromatic N) is 3. The Morgan fingerprint density at radius 1 is 1.21 bits per heavy atom. The molecule has 0 radical (unpaired) electrons. The molecule has 3 aliphatic carbocycles. The summed E-state index contributed by atoms with van der Waals surface area (Å²) in [7, 11) is 0. The lowest BCUT2D eigenvalue weighted by Crippen LogP contribution is -2.77. The van der Waals surface area contributed by atoms with Crippen molar-refractivity contribution in [2.45, 2.75) is 103 Å². The van der Waals surface area contributed by atoms with Crippen molar-refractivity contribution in [3.05, 3.63) is 41.4 Å². The SMILES string of the molecule is CC.CC.CCCCc1ccc(OCC(=O)NC23CC(c4nnc(C5CN(CC(C)(F)F)C5)o4)(C2)C3)cc1F.[HH]. The van der Waals surface area contributed by atoms with Crippen molar-refractivity contribution in [3.8, 4) is 5.75 Å². The first-order valence-electron chi connectivity index (χ1n) is 14.3. The molecule has 220 valence electrons. The van der Waals surface area contributed by atoms with E-state index >= 15 is 0 Å². The summed E-state index contributed by atoms with van der Waals surface area (Å²) in [6.45, 7) is 11.5. The van der Waals surface area contributed by atoms with Crippen LogP contribution in [-0.2, 0) is 16.6 Å². The Balaban J connectivity index is 0.00000107. The van der Waals surface area contributed by atoms with Crippen molar-refractivity contribution in [1.82, 2.24) is 20.4 Å². The van der Waals surface area contributed by atoms with Crippen molar-refractivity contribution in [2.75, 3.05) is 26.2 Å². The molecule has 2 bridgehead atoms. The largest absolute Gasteiger partial charge is 0.484 e. The maximum atomic E-state index is 14.2. The van der Waals surface area contributed by atoms with Crippen LogP contribution in [0.1, 0.15) is 98.3 Å². The average molecular weight is 555 g/mol. The summed E-state index contributed by atoms with van der Waals surface area (Å²) < 4.78 is 51.8. The van der Waals surface area contributed by atoms with Gasteiger partial charge in [-0.2, -0.15) is 0 Å². The summed E-state index contributed by atoms with van der Waals surface area (Å²) >= 11 is 0. The quantitative estimate of drug-likeness (QED) is 0.353. The molecule has 4 fully saturated rings. The molecule has 4 aliphatic rings. The summed E-state index contributed by atoms with van der Waals surface area (Å²) in [5.41, 5.74) is 0.158. The van der Waals surface area contributed by atoms with Gasteiger partial charge in [-0.3, -0.25) is 9.69 Å². The fourth-order valence-corrected chi connectivity index (χ4v) is 5.68. The topological polar surface area (TPSA) is 80.5 Å². The zero-order chi connectivity index (χ0) is 28.8. The summed E-state index contributed by atoms with van der Waals surface area (Å²) in [5.74, 6) is -1.88. The first-order chi connectivity index (χ1) is 18.6. The van der Waals surface area contributed by atoms with Crippen molar-refractivity contribution in [2.24, 2.45) is 0 Å². The lowest BCUT2D eigenvalue weighted by molar-refractivity contribution is -0.143. The number of likely N-dealkylation sites (tertiary alicyclic amines) is 1. The van der Waals surface area contributed by atoms with Crippen molar-refractivity contribution in [3.63, 3.8) is 0 Å². The van der Waals surface area contributed by atoms with Crippen LogP contribution in [0.2, 0.25) is 0 Å². The molecule has 2 heterocycles. The van der Waals surface area contributed by atoms with E-state index in [4.69, 9.17) is 9.15 Å². The molecule has 10 heteroatoms. The number of hydrogen-bond donors (Lipinski definition) is 1. The molecule has 1 amide bonds. The number of carbonyl (C=O) groups excluding carboxylic acids is 1. The van der Waals surface area contributed by atoms with E-state index in [0.29, 0.717) is 61.9 Å². The van der Waals surface area contributed by atoms with Crippen LogP contribution in [0.3, 0.4) is 0 Å². The number of alkyl halides is 2. The minimum Gasteiger partial charge on any atom is -0.484 e. The molecule has 1 saturated heterocycles. The molecule has 3 saturated carbocycles. The summed E-state index contributed by atoms with van der Waals surface area (Å²) in [6, 6.07) is 4.73. The molecule has 1 aromatic heterocycles. The molecule has 1 aromatic carbocycles. The first-order valence-corrected chi connectivity index (χ1v) is 14.3. The van der Waals surface area contributed by atoms with Crippen molar-refractivity contribution in [1.29, 1.82) is 0 Å². The van der Waals surface area contributed by atoms with Gasteiger partial charge >= 0.3 is 0 Å². The Morgan fingerprint density at radius 2 is 1.87 bits per heavy atom. The molecular weight excluding hydrogens is 509 g/mol. The number of aromatic nitrogens is 2. The zero-order valence-corrected chi connectivity index (χ0v) is 24.1. The number of nitrogens with one attached hydrogen (secondary N) is 1. The van der Waals surface area contributed by atoms with E-state index in [1.165, 1.54) is 6.07 Å². The highest BCUT2D eigenvalue weighted by Gasteiger charge is 2.71. The molecule has 0 unspecified atom stereocenters. The van der Waals surface area contributed by atoms with Crippen LogP contribution in [0.25, 0.3) is 0 Å². The number of rotatable bonds is 11. The monoisotopic (exact) mass is 554 g/mol. The smallest absolute Gasteiger partial charge is 0.258 e. The van der Waals surface area contributed by atoms with Gasteiger partial charge in [-0.05, 0) is 43.7 Å². The number of carbonyl (C=O) groups is 1. The zero-order valence-electron chi connectivity index (χ0n) is 24.1. The third-order valence-electron chi connectivity index (χ3n) is 7.33. The molecule has 6 rings (SSSR count). The second kappa shape index (κ2) is 12.7. The lowest BCUT2D eigenvalue weighted by Gasteiger charge is -2.68. The predicted octanol–water partition coefficient (Wildman–Crippen LogP) is 6.27. The molecule has 0 atom stereocenters. The number of benzene rings is 1. The average Bonchev–Trinajstić information content (AvgIpc) is 3.32.